The zero-order valence-corrected chi connectivity index (χ0v) is 16.9. The Labute approximate surface area is 171 Å². The fourth-order valence-electron chi connectivity index (χ4n) is 3.94. The van der Waals surface area contributed by atoms with Gasteiger partial charge in [-0.3, -0.25) is 4.79 Å². The molecule has 2 aromatic carbocycles. The number of benzene rings is 2. The maximum Gasteiger partial charge on any atom is 0.270 e. The zero-order chi connectivity index (χ0) is 20.2. The van der Waals surface area contributed by atoms with Gasteiger partial charge < -0.3 is 10.2 Å². The summed E-state index contributed by atoms with van der Waals surface area (Å²) in [5.41, 5.74) is 4.17. The fourth-order valence-corrected chi connectivity index (χ4v) is 3.94. The molecule has 0 bridgehead atoms. The lowest BCUT2D eigenvalue weighted by molar-refractivity contribution is 0.0948. The Bertz CT molecular complexity index is 1000. The number of aromatic nitrogens is 2. The lowest BCUT2D eigenvalue weighted by Gasteiger charge is -2.24. The van der Waals surface area contributed by atoms with Crippen LogP contribution >= 0.6 is 0 Å². The van der Waals surface area contributed by atoms with E-state index in [0.29, 0.717) is 24.1 Å². The summed E-state index contributed by atoms with van der Waals surface area (Å²) in [6, 6.07) is 20.8. The summed E-state index contributed by atoms with van der Waals surface area (Å²) in [7, 11) is 0. The number of para-hydroxylation sites is 1. The van der Waals surface area contributed by atoms with Crippen LogP contribution in [-0.2, 0) is 12.8 Å². The maximum absolute atomic E-state index is 12.7. The largest absolute Gasteiger partial charge is 0.351 e. The third-order valence-electron chi connectivity index (χ3n) is 5.28. The van der Waals surface area contributed by atoms with Gasteiger partial charge in [0.15, 0.2) is 0 Å². The summed E-state index contributed by atoms with van der Waals surface area (Å²) in [5, 5.41) is 3.00. The van der Waals surface area contributed by atoms with Crippen molar-refractivity contribution >= 4 is 17.4 Å². The second kappa shape index (κ2) is 8.43. The van der Waals surface area contributed by atoms with Gasteiger partial charge in [0.05, 0.1) is 0 Å². The number of carbonyl (C=O) groups excluding carboxylic acids is 1. The first-order valence-electron chi connectivity index (χ1n) is 10.2. The summed E-state index contributed by atoms with van der Waals surface area (Å²) in [6.45, 7) is 4.64. The van der Waals surface area contributed by atoms with Gasteiger partial charge in [0.2, 0.25) is 0 Å². The average Bonchev–Trinajstić information content (AvgIpc) is 3.07. The highest BCUT2D eigenvalue weighted by Crippen LogP contribution is 2.37. The molecular formula is C24H26N4O. The van der Waals surface area contributed by atoms with Crippen molar-refractivity contribution in [2.45, 2.75) is 39.2 Å². The van der Waals surface area contributed by atoms with Crippen LogP contribution < -0.4 is 10.2 Å². The van der Waals surface area contributed by atoms with E-state index in [1.807, 2.05) is 31.2 Å². The van der Waals surface area contributed by atoms with Crippen molar-refractivity contribution in [1.82, 2.24) is 15.3 Å². The molecule has 0 spiro atoms. The number of fused-ring (bicyclic) bond motifs is 1. The molecule has 1 atom stereocenters. The van der Waals surface area contributed by atoms with Gasteiger partial charge in [0, 0.05) is 24.3 Å². The number of hydrogen-bond donors (Lipinski definition) is 1. The standard InChI is InChI=1S/C24H26N4O/c1-17-15-20-12-6-7-13-22(20)28(17)23-16-21(26-18(2)27-23)24(29)25-14-8-11-19-9-4-3-5-10-19/h3-7,9-10,12-13,16-17H,8,11,14-15H2,1-2H3,(H,25,29). The summed E-state index contributed by atoms with van der Waals surface area (Å²) in [5.74, 6) is 1.24. The Balaban J connectivity index is 1.45. The highest BCUT2D eigenvalue weighted by molar-refractivity contribution is 5.93. The Hall–Kier alpha value is -3.21. The molecule has 0 saturated heterocycles. The van der Waals surface area contributed by atoms with Crippen molar-refractivity contribution in [3.63, 3.8) is 0 Å². The van der Waals surface area contributed by atoms with E-state index in [1.54, 1.807) is 6.07 Å². The van der Waals surface area contributed by atoms with E-state index in [4.69, 9.17) is 0 Å². The van der Waals surface area contributed by atoms with Crippen LogP contribution in [0.3, 0.4) is 0 Å². The number of nitrogens with zero attached hydrogens (tertiary/aromatic N) is 3. The van der Waals surface area contributed by atoms with E-state index in [1.165, 1.54) is 11.1 Å². The first-order valence-corrected chi connectivity index (χ1v) is 10.2. The lowest BCUT2D eigenvalue weighted by Crippen LogP contribution is -2.28. The van der Waals surface area contributed by atoms with Gasteiger partial charge in [-0.15, -0.1) is 0 Å². The average molecular weight is 386 g/mol. The van der Waals surface area contributed by atoms with E-state index >= 15 is 0 Å². The molecule has 2 heterocycles. The van der Waals surface area contributed by atoms with Gasteiger partial charge in [-0.1, -0.05) is 48.5 Å². The van der Waals surface area contributed by atoms with Gasteiger partial charge in [-0.2, -0.15) is 0 Å². The van der Waals surface area contributed by atoms with E-state index in [2.05, 4.69) is 57.4 Å². The van der Waals surface area contributed by atoms with Crippen LogP contribution in [0.5, 0.6) is 0 Å². The quantitative estimate of drug-likeness (QED) is 0.644. The Morgan fingerprint density at radius 2 is 1.86 bits per heavy atom. The van der Waals surface area contributed by atoms with Gasteiger partial charge in [-0.25, -0.2) is 9.97 Å². The molecule has 1 amide bonds. The Morgan fingerprint density at radius 3 is 2.69 bits per heavy atom. The lowest BCUT2D eigenvalue weighted by atomic mass is 10.1. The topological polar surface area (TPSA) is 58.1 Å². The highest BCUT2D eigenvalue weighted by atomic mass is 16.1. The predicted octanol–water partition coefficient (Wildman–Crippen LogP) is 4.23. The van der Waals surface area contributed by atoms with E-state index in [0.717, 1.165) is 30.8 Å². The number of amides is 1. The van der Waals surface area contributed by atoms with Gasteiger partial charge in [-0.05, 0) is 50.3 Å². The monoisotopic (exact) mass is 386 g/mol. The van der Waals surface area contributed by atoms with Crippen LogP contribution in [-0.4, -0.2) is 28.5 Å². The Kier molecular flexibility index (Phi) is 5.56. The van der Waals surface area contributed by atoms with Crippen LogP contribution in [0.2, 0.25) is 0 Å². The molecule has 4 rings (SSSR count). The van der Waals surface area contributed by atoms with E-state index < -0.39 is 0 Å². The fraction of sp³-hybridized carbons (Fsp3) is 0.292. The second-order valence-electron chi connectivity index (χ2n) is 7.56. The molecule has 1 aliphatic rings. The molecule has 0 radical (unpaired) electrons. The minimum absolute atomic E-state index is 0.148. The summed E-state index contributed by atoms with van der Waals surface area (Å²) >= 11 is 0. The van der Waals surface area contributed by atoms with Gasteiger partial charge >= 0.3 is 0 Å². The second-order valence-corrected chi connectivity index (χ2v) is 7.56. The smallest absolute Gasteiger partial charge is 0.270 e. The molecule has 1 aromatic heterocycles. The van der Waals surface area contributed by atoms with Crippen molar-refractivity contribution in [2.24, 2.45) is 0 Å². The van der Waals surface area contributed by atoms with Gasteiger partial charge in [0.1, 0.15) is 17.3 Å². The number of carbonyl (C=O) groups is 1. The number of anilines is 2. The normalized spacial score (nSPS) is 15.2. The molecule has 0 fully saturated rings. The van der Waals surface area contributed by atoms with Crippen molar-refractivity contribution in [3.05, 3.63) is 83.3 Å². The molecule has 5 nitrogen and oxygen atoms in total. The summed E-state index contributed by atoms with van der Waals surface area (Å²) in [6.07, 6.45) is 2.81. The van der Waals surface area contributed by atoms with E-state index in [9.17, 15) is 4.79 Å². The molecule has 1 N–H and O–H groups in total. The van der Waals surface area contributed by atoms with Crippen LogP contribution in [0.15, 0.2) is 60.7 Å². The highest BCUT2D eigenvalue weighted by Gasteiger charge is 2.28. The minimum Gasteiger partial charge on any atom is -0.351 e. The third-order valence-corrected chi connectivity index (χ3v) is 5.28. The number of rotatable bonds is 6. The molecule has 0 aliphatic carbocycles. The zero-order valence-electron chi connectivity index (χ0n) is 16.9. The van der Waals surface area contributed by atoms with Crippen molar-refractivity contribution < 1.29 is 4.79 Å². The summed E-state index contributed by atoms with van der Waals surface area (Å²) < 4.78 is 0. The predicted molar refractivity (Wildman–Crippen MR) is 116 cm³/mol. The van der Waals surface area contributed by atoms with Crippen LogP contribution in [0.1, 0.15) is 40.8 Å². The first kappa shape index (κ1) is 19.1. The molecule has 148 valence electrons. The van der Waals surface area contributed by atoms with Crippen LogP contribution in [0.25, 0.3) is 0 Å². The number of hydrogen-bond acceptors (Lipinski definition) is 4. The SMILES string of the molecule is Cc1nc(C(=O)NCCCc2ccccc2)cc(N2c3ccccc3CC2C)n1. The number of aryl methyl sites for hydroxylation is 2. The molecule has 1 unspecified atom stereocenters. The van der Waals surface area contributed by atoms with Crippen molar-refractivity contribution in [1.29, 1.82) is 0 Å². The molecule has 0 saturated carbocycles. The number of nitrogens with one attached hydrogen (secondary N) is 1. The third kappa shape index (κ3) is 4.29. The molecule has 29 heavy (non-hydrogen) atoms. The van der Waals surface area contributed by atoms with Crippen LogP contribution in [0, 0.1) is 6.92 Å². The molecule has 5 heteroatoms. The van der Waals surface area contributed by atoms with Crippen molar-refractivity contribution in [2.75, 3.05) is 11.4 Å². The first-order chi connectivity index (χ1) is 14.1. The van der Waals surface area contributed by atoms with Crippen molar-refractivity contribution in [3.8, 4) is 0 Å². The summed E-state index contributed by atoms with van der Waals surface area (Å²) in [4.78, 5) is 23.9. The minimum atomic E-state index is -0.148. The Morgan fingerprint density at radius 1 is 1.10 bits per heavy atom. The molecular weight excluding hydrogens is 360 g/mol. The van der Waals surface area contributed by atoms with Gasteiger partial charge in [0.25, 0.3) is 5.91 Å². The maximum atomic E-state index is 12.7. The van der Waals surface area contributed by atoms with E-state index in [-0.39, 0.29) is 5.91 Å². The molecule has 1 aliphatic heterocycles. The van der Waals surface area contributed by atoms with Crippen LogP contribution in [0.4, 0.5) is 11.5 Å². The molecule has 3 aromatic rings.